The summed E-state index contributed by atoms with van der Waals surface area (Å²) in [5.74, 6) is 1.47. The van der Waals surface area contributed by atoms with Crippen molar-refractivity contribution in [2.75, 3.05) is 14.2 Å². The van der Waals surface area contributed by atoms with Crippen LogP contribution in [0.15, 0.2) is 24.3 Å². The second kappa shape index (κ2) is 8.33. The SMILES string of the molecule is CCc1c(Cl)ccc(CC(C)c2cc(OC)cc(OC)c2Cl)c1Cl. The van der Waals surface area contributed by atoms with Crippen LogP contribution in [0.2, 0.25) is 15.1 Å². The summed E-state index contributed by atoms with van der Waals surface area (Å²) in [6.07, 6.45) is 1.55. The van der Waals surface area contributed by atoms with Gasteiger partial charge in [-0.3, -0.25) is 0 Å². The highest BCUT2D eigenvalue weighted by molar-refractivity contribution is 6.36. The molecule has 0 aromatic heterocycles. The Morgan fingerprint density at radius 2 is 1.71 bits per heavy atom. The van der Waals surface area contributed by atoms with Crippen LogP contribution in [0.5, 0.6) is 11.5 Å². The first kappa shape index (κ1) is 19.2. The highest BCUT2D eigenvalue weighted by Crippen LogP contribution is 2.39. The molecule has 1 atom stereocenters. The number of methoxy groups -OCH3 is 2. The van der Waals surface area contributed by atoms with Crippen molar-refractivity contribution in [3.05, 3.63) is 56.0 Å². The molecule has 0 saturated carbocycles. The first-order valence-electron chi connectivity index (χ1n) is 7.80. The number of halogens is 3. The van der Waals surface area contributed by atoms with E-state index in [1.807, 2.05) is 25.1 Å². The van der Waals surface area contributed by atoms with E-state index < -0.39 is 0 Å². The monoisotopic (exact) mass is 386 g/mol. The summed E-state index contributed by atoms with van der Waals surface area (Å²) in [7, 11) is 3.22. The maximum absolute atomic E-state index is 6.54. The molecule has 0 heterocycles. The van der Waals surface area contributed by atoms with Crippen LogP contribution >= 0.6 is 34.8 Å². The summed E-state index contributed by atoms with van der Waals surface area (Å²) in [4.78, 5) is 0. The van der Waals surface area contributed by atoms with Crippen molar-refractivity contribution in [2.45, 2.75) is 32.6 Å². The van der Waals surface area contributed by atoms with Crippen molar-refractivity contribution in [3.8, 4) is 11.5 Å². The Balaban J connectivity index is 2.39. The van der Waals surface area contributed by atoms with Crippen molar-refractivity contribution in [1.82, 2.24) is 0 Å². The fourth-order valence-corrected chi connectivity index (χ4v) is 3.87. The van der Waals surface area contributed by atoms with E-state index >= 15 is 0 Å². The summed E-state index contributed by atoms with van der Waals surface area (Å²) in [6, 6.07) is 7.61. The Morgan fingerprint density at radius 3 is 2.29 bits per heavy atom. The van der Waals surface area contributed by atoms with Gasteiger partial charge < -0.3 is 9.47 Å². The van der Waals surface area contributed by atoms with Gasteiger partial charge in [0.15, 0.2) is 0 Å². The number of hydrogen-bond acceptors (Lipinski definition) is 2. The predicted octanol–water partition coefficient (Wildman–Crippen LogP) is 6.57. The maximum atomic E-state index is 6.54. The summed E-state index contributed by atoms with van der Waals surface area (Å²) < 4.78 is 10.7. The highest BCUT2D eigenvalue weighted by atomic mass is 35.5. The molecule has 2 aromatic rings. The molecule has 2 nitrogen and oxygen atoms in total. The zero-order chi connectivity index (χ0) is 17.9. The minimum Gasteiger partial charge on any atom is -0.497 e. The van der Waals surface area contributed by atoms with E-state index in [2.05, 4.69) is 6.92 Å². The molecular weight excluding hydrogens is 367 g/mol. The molecule has 0 aliphatic rings. The molecule has 2 aromatic carbocycles. The Bertz CT molecular complexity index is 729. The molecule has 0 saturated heterocycles. The van der Waals surface area contributed by atoms with Gasteiger partial charge in [-0.05, 0) is 47.6 Å². The molecule has 1 unspecified atom stereocenters. The van der Waals surface area contributed by atoms with Crippen molar-refractivity contribution < 1.29 is 9.47 Å². The van der Waals surface area contributed by atoms with Gasteiger partial charge in [0.05, 0.1) is 19.2 Å². The van der Waals surface area contributed by atoms with Gasteiger partial charge in [-0.15, -0.1) is 0 Å². The summed E-state index contributed by atoms with van der Waals surface area (Å²) in [5.41, 5.74) is 3.01. The van der Waals surface area contributed by atoms with Crippen LogP contribution in [0.3, 0.4) is 0 Å². The Morgan fingerprint density at radius 1 is 1.00 bits per heavy atom. The molecular formula is C19H21Cl3O2. The van der Waals surface area contributed by atoms with Gasteiger partial charge in [0.25, 0.3) is 0 Å². The van der Waals surface area contributed by atoms with E-state index in [0.717, 1.165) is 40.3 Å². The lowest BCUT2D eigenvalue weighted by Gasteiger charge is -2.19. The van der Waals surface area contributed by atoms with Gasteiger partial charge >= 0.3 is 0 Å². The highest BCUT2D eigenvalue weighted by Gasteiger charge is 2.18. The molecule has 0 aliphatic carbocycles. The molecule has 0 spiro atoms. The Kier molecular flexibility index (Phi) is 6.68. The standard InChI is InChI=1S/C19H21Cl3O2/c1-5-14-16(20)7-6-12(18(14)21)8-11(2)15-9-13(23-3)10-17(24-4)19(15)22/h6-7,9-11H,5,8H2,1-4H3. The largest absolute Gasteiger partial charge is 0.497 e. The number of benzene rings is 2. The second-order valence-corrected chi connectivity index (χ2v) is 6.85. The van der Waals surface area contributed by atoms with E-state index in [4.69, 9.17) is 44.3 Å². The molecule has 2 rings (SSSR count). The Hall–Kier alpha value is -1.09. The smallest absolute Gasteiger partial charge is 0.141 e. The van der Waals surface area contributed by atoms with E-state index in [1.165, 1.54) is 0 Å². The third-order valence-corrected chi connectivity index (χ3v) is 5.40. The molecule has 0 aliphatic heterocycles. The van der Waals surface area contributed by atoms with Gasteiger partial charge in [0.2, 0.25) is 0 Å². The number of rotatable bonds is 6. The van der Waals surface area contributed by atoms with Gasteiger partial charge in [0, 0.05) is 16.1 Å². The zero-order valence-electron chi connectivity index (χ0n) is 14.3. The summed E-state index contributed by atoms with van der Waals surface area (Å²) in [6.45, 7) is 4.15. The molecule has 0 fully saturated rings. The average molecular weight is 388 g/mol. The maximum Gasteiger partial charge on any atom is 0.141 e. The third-order valence-electron chi connectivity index (χ3n) is 4.17. The van der Waals surface area contributed by atoms with Crippen LogP contribution in [0.25, 0.3) is 0 Å². The van der Waals surface area contributed by atoms with Crippen LogP contribution in [0, 0.1) is 0 Å². The van der Waals surface area contributed by atoms with Gasteiger partial charge in [-0.25, -0.2) is 0 Å². The normalized spacial score (nSPS) is 12.1. The first-order valence-corrected chi connectivity index (χ1v) is 8.93. The Labute approximate surface area is 158 Å². The van der Waals surface area contributed by atoms with Crippen molar-refractivity contribution in [1.29, 1.82) is 0 Å². The predicted molar refractivity (Wildman–Crippen MR) is 103 cm³/mol. The molecule has 24 heavy (non-hydrogen) atoms. The summed E-state index contributed by atoms with van der Waals surface area (Å²) >= 11 is 19.2. The lowest BCUT2D eigenvalue weighted by Crippen LogP contribution is -2.03. The van der Waals surface area contributed by atoms with E-state index in [9.17, 15) is 0 Å². The topological polar surface area (TPSA) is 18.5 Å². The average Bonchev–Trinajstić information content (AvgIpc) is 2.58. The second-order valence-electron chi connectivity index (χ2n) is 5.69. The minimum absolute atomic E-state index is 0.143. The zero-order valence-corrected chi connectivity index (χ0v) is 16.5. The van der Waals surface area contributed by atoms with Crippen molar-refractivity contribution in [2.24, 2.45) is 0 Å². The van der Waals surface area contributed by atoms with Gasteiger partial charge in [-0.1, -0.05) is 54.7 Å². The number of ether oxygens (including phenoxy) is 2. The van der Waals surface area contributed by atoms with Crippen LogP contribution < -0.4 is 9.47 Å². The van der Waals surface area contributed by atoms with E-state index in [0.29, 0.717) is 15.8 Å². The summed E-state index contributed by atoms with van der Waals surface area (Å²) in [5, 5.41) is 2.05. The molecule has 0 bridgehead atoms. The minimum atomic E-state index is 0.143. The number of hydrogen-bond donors (Lipinski definition) is 0. The first-order chi connectivity index (χ1) is 11.4. The molecule has 5 heteroatoms. The van der Waals surface area contributed by atoms with Crippen molar-refractivity contribution >= 4 is 34.8 Å². The van der Waals surface area contributed by atoms with E-state index in [-0.39, 0.29) is 5.92 Å². The molecule has 0 amide bonds. The fraction of sp³-hybridized carbons (Fsp3) is 0.368. The lowest BCUT2D eigenvalue weighted by atomic mass is 9.92. The van der Waals surface area contributed by atoms with E-state index in [1.54, 1.807) is 20.3 Å². The van der Waals surface area contributed by atoms with Gasteiger partial charge in [-0.2, -0.15) is 0 Å². The molecule has 130 valence electrons. The van der Waals surface area contributed by atoms with Crippen LogP contribution in [-0.2, 0) is 12.8 Å². The fourth-order valence-electron chi connectivity index (χ4n) is 2.79. The van der Waals surface area contributed by atoms with Crippen LogP contribution in [-0.4, -0.2) is 14.2 Å². The van der Waals surface area contributed by atoms with Crippen LogP contribution in [0.1, 0.15) is 36.5 Å². The van der Waals surface area contributed by atoms with Crippen LogP contribution in [0.4, 0.5) is 0 Å². The van der Waals surface area contributed by atoms with Crippen molar-refractivity contribution in [3.63, 3.8) is 0 Å². The quantitative estimate of drug-likeness (QED) is 0.558. The molecule has 0 N–H and O–H groups in total. The van der Waals surface area contributed by atoms with Gasteiger partial charge in [0.1, 0.15) is 11.5 Å². The molecule has 0 radical (unpaired) electrons. The third kappa shape index (κ3) is 3.93. The lowest BCUT2D eigenvalue weighted by molar-refractivity contribution is 0.393.